The first-order valence-electron chi connectivity index (χ1n) is 9.33. The van der Waals surface area contributed by atoms with Gasteiger partial charge in [0.25, 0.3) is 0 Å². The average Bonchev–Trinajstić information content (AvgIpc) is 2.75. The summed E-state index contributed by atoms with van der Waals surface area (Å²) in [4.78, 5) is 9.24. The number of methoxy groups -OCH3 is 1. The summed E-state index contributed by atoms with van der Waals surface area (Å²) in [7, 11) is 1.66. The number of nitrogens with zero attached hydrogens (tertiary/aromatic N) is 2. The van der Waals surface area contributed by atoms with E-state index in [1.165, 1.54) is 0 Å². The molecule has 146 valence electrons. The maximum Gasteiger partial charge on any atom is 0.229 e. The summed E-state index contributed by atoms with van der Waals surface area (Å²) < 4.78 is 5.44. The molecule has 3 N–H and O–H groups in total. The van der Waals surface area contributed by atoms with Crippen molar-refractivity contribution in [1.29, 1.82) is 0 Å². The summed E-state index contributed by atoms with van der Waals surface area (Å²) in [6.45, 7) is 2.52. The number of hydrogen-bond acceptors (Lipinski definition) is 6. The molecule has 0 saturated heterocycles. The molecule has 4 rings (SSSR count). The summed E-state index contributed by atoms with van der Waals surface area (Å²) in [6.07, 6.45) is 0. The van der Waals surface area contributed by atoms with Gasteiger partial charge in [0.15, 0.2) is 0 Å². The zero-order valence-corrected chi connectivity index (χ0v) is 16.3. The lowest BCUT2D eigenvalue weighted by Crippen LogP contribution is -2.06. The van der Waals surface area contributed by atoms with E-state index in [2.05, 4.69) is 20.6 Å². The molecule has 0 radical (unpaired) electrons. The fraction of sp³-hybridized carbons (Fsp3) is 0.130. The van der Waals surface area contributed by atoms with Crippen LogP contribution in [0.3, 0.4) is 0 Å². The lowest BCUT2D eigenvalue weighted by Gasteiger charge is -2.14. The molecule has 0 bridgehead atoms. The van der Waals surface area contributed by atoms with Gasteiger partial charge in [0.1, 0.15) is 17.3 Å². The van der Waals surface area contributed by atoms with Crippen molar-refractivity contribution in [3.8, 4) is 11.5 Å². The Labute approximate surface area is 169 Å². The zero-order valence-electron chi connectivity index (χ0n) is 16.3. The van der Waals surface area contributed by atoms with E-state index in [-0.39, 0.29) is 5.75 Å². The number of aromatic hydroxyl groups is 1. The number of aromatic nitrogens is 2. The summed E-state index contributed by atoms with van der Waals surface area (Å²) in [5, 5.41) is 17.6. The Morgan fingerprint density at radius 2 is 1.76 bits per heavy atom. The number of para-hydroxylation sites is 2. The molecule has 0 amide bonds. The van der Waals surface area contributed by atoms with E-state index >= 15 is 0 Å². The van der Waals surface area contributed by atoms with Gasteiger partial charge in [-0.1, -0.05) is 36.4 Å². The lowest BCUT2D eigenvalue weighted by molar-refractivity contribution is 0.410. The van der Waals surface area contributed by atoms with Crippen molar-refractivity contribution in [2.75, 3.05) is 17.7 Å². The Hall–Kier alpha value is -3.80. The number of rotatable bonds is 6. The Kier molecular flexibility index (Phi) is 5.16. The molecule has 6 heteroatoms. The smallest absolute Gasteiger partial charge is 0.229 e. The number of anilines is 3. The van der Waals surface area contributed by atoms with Gasteiger partial charge in [0, 0.05) is 17.5 Å². The normalized spacial score (nSPS) is 10.7. The molecule has 0 aliphatic carbocycles. The van der Waals surface area contributed by atoms with Crippen molar-refractivity contribution >= 4 is 28.4 Å². The van der Waals surface area contributed by atoms with Crippen LogP contribution in [-0.4, -0.2) is 22.2 Å². The van der Waals surface area contributed by atoms with E-state index < -0.39 is 0 Å². The van der Waals surface area contributed by atoms with Crippen LogP contribution >= 0.6 is 0 Å². The van der Waals surface area contributed by atoms with E-state index in [9.17, 15) is 5.11 Å². The van der Waals surface area contributed by atoms with Gasteiger partial charge in [-0.05, 0) is 42.8 Å². The molecule has 3 aromatic carbocycles. The van der Waals surface area contributed by atoms with Crippen LogP contribution in [0.25, 0.3) is 10.9 Å². The van der Waals surface area contributed by atoms with Gasteiger partial charge >= 0.3 is 0 Å². The second kappa shape index (κ2) is 8.06. The second-order valence-electron chi connectivity index (χ2n) is 6.72. The number of nitrogens with one attached hydrogen (secondary N) is 2. The molecule has 29 heavy (non-hydrogen) atoms. The van der Waals surface area contributed by atoms with Crippen molar-refractivity contribution in [2.45, 2.75) is 13.5 Å². The minimum absolute atomic E-state index is 0.149. The molecule has 0 aliphatic heterocycles. The highest BCUT2D eigenvalue weighted by Gasteiger charge is 2.10. The largest absolute Gasteiger partial charge is 0.506 e. The van der Waals surface area contributed by atoms with Crippen LogP contribution in [0.2, 0.25) is 0 Å². The van der Waals surface area contributed by atoms with E-state index in [1.54, 1.807) is 13.2 Å². The number of benzene rings is 3. The molecular formula is C23H22N4O2. The Balaban J connectivity index is 1.68. The first kappa shape index (κ1) is 18.6. The van der Waals surface area contributed by atoms with E-state index in [0.717, 1.165) is 27.8 Å². The molecule has 1 aromatic heterocycles. The van der Waals surface area contributed by atoms with Crippen molar-refractivity contribution in [3.05, 3.63) is 77.9 Å². The van der Waals surface area contributed by atoms with Gasteiger partial charge in [-0.2, -0.15) is 4.98 Å². The number of hydrogen-bond donors (Lipinski definition) is 3. The summed E-state index contributed by atoms with van der Waals surface area (Å²) >= 11 is 0. The van der Waals surface area contributed by atoms with Crippen LogP contribution in [0.5, 0.6) is 11.5 Å². The number of aryl methyl sites for hydroxylation is 1. The minimum atomic E-state index is 0.149. The van der Waals surface area contributed by atoms with Crippen molar-refractivity contribution in [3.63, 3.8) is 0 Å². The molecule has 0 saturated carbocycles. The number of ether oxygens (including phenoxy) is 1. The SMILES string of the molecule is COc1ccccc1CNc1nc(Nc2cc(C)ccc2O)nc2ccccc12. The average molecular weight is 386 g/mol. The van der Waals surface area contributed by atoms with E-state index in [0.29, 0.717) is 24.0 Å². The van der Waals surface area contributed by atoms with Crippen LogP contribution in [-0.2, 0) is 6.54 Å². The third-order valence-corrected chi connectivity index (χ3v) is 4.64. The number of phenols is 1. The highest BCUT2D eigenvalue weighted by atomic mass is 16.5. The highest BCUT2D eigenvalue weighted by Crippen LogP contribution is 2.29. The fourth-order valence-corrected chi connectivity index (χ4v) is 3.17. The summed E-state index contributed by atoms with van der Waals surface area (Å²) in [6, 6.07) is 21.0. The Morgan fingerprint density at radius 3 is 2.62 bits per heavy atom. The quantitative estimate of drug-likeness (QED) is 0.404. The number of fused-ring (bicyclic) bond motifs is 1. The van der Waals surface area contributed by atoms with Gasteiger partial charge in [-0.25, -0.2) is 4.98 Å². The van der Waals surface area contributed by atoms with Crippen LogP contribution in [0.15, 0.2) is 66.7 Å². The molecule has 6 nitrogen and oxygen atoms in total. The Bertz CT molecular complexity index is 1160. The molecule has 0 unspecified atom stereocenters. The van der Waals surface area contributed by atoms with Crippen molar-refractivity contribution < 1.29 is 9.84 Å². The van der Waals surface area contributed by atoms with Crippen LogP contribution in [0, 0.1) is 6.92 Å². The molecule has 0 fully saturated rings. The fourth-order valence-electron chi connectivity index (χ4n) is 3.17. The lowest BCUT2D eigenvalue weighted by atomic mass is 10.2. The second-order valence-corrected chi connectivity index (χ2v) is 6.72. The topological polar surface area (TPSA) is 79.3 Å². The first-order chi connectivity index (χ1) is 14.1. The van der Waals surface area contributed by atoms with Crippen LogP contribution in [0.1, 0.15) is 11.1 Å². The predicted octanol–water partition coefficient (Wildman–Crippen LogP) is 5.01. The third kappa shape index (κ3) is 4.06. The van der Waals surface area contributed by atoms with Gasteiger partial charge in [-0.15, -0.1) is 0 Å². The van der Waals surface area contributed by atoms with E-state index in [4.69, 9.17) is 4.74 Å². The van der Waals surface area contributed by atoms with Gasteiger partial charge in [-0.3, -0.25) is 0 Å². The summed E-state index contributed by atoms with van der Waals surface area (Å²) in [5.41, 5.74) is 3.43. The van der Waals surface area contributed by atoms with Gasteiger partial charge in [0.05, 0.1) is 18.3 Å². The van der Waals surface area contributed by atoms with E-state index in [1.807, 2.05) is 67.6 Å². The van der Waals surface area contributed by atoms with Gasteiger partial charge < -0.3 is 20.5 Å². The Morgan fingerprint density at radius 1 is 0.966 bits per heavy atom. The molecule has 4 aromatic rings. The van der Waals surface area contributed by atoms with Gasteiger partial charge in [0.2, 0.25) is 5.95 Å². The van der Waals surface area contributed by atoms with Crippen molar-refractivity contribution in [1.82, 2.24) is 9.97 Å². The highest BCUT2D eigenvalue weighted by molar-refractivity contribution is 5.90. The monoisotopic (exact) mass is 386 g/mol. The molecule has 0 atom stereocenters. The first-order valence-corrected chi connectivity index (χ1v) is 9.33. The third-order valence-electron chi connectivity index (χ3n) is 4.64. The van der Waals surface area contributed by atoms with Crippen LogP contribution in [0.4, 0.5) is 17.5 Å². The standard InChI is InChI=1S/C23H22N4O2/c1-15-11-12-20(28)19(13-15)26-23-25-18-9-5-4-8-17(18)22(27-23)24-14-16-7-3-6-10-21(16)29-2/h3-13,28H,14H2,1-2H3,(H2,24,25,26,27). The number of phenolic OH excluding ortho intramolecular Hbond substituents is 1. The molecule has 0 spiro atoms. The molecular weight excluding hydrogens is 364 g/mol. The van der Waals surface area contributed by atoms with Crippen LogP contribution < -0.4 is 15.4 Å². The minimum Gasteiger partial charge on any atom is -0.506 e. The molecule has 1 heterocycles. The van der Waals surface area contributed by atoms with Crippen molar-refractivity contribution in [2.24, 2.45) is 0 Å². The zero-order chi connectivity index (χ0) is 20.2. The maximum atomic E-state index is 10.1. The predicted molar refractivity (Wildman–Crippen MR) is 116 cm³/mol. The summed E-state index contributed by atoms with van der Waals surface area (Å²) in [5.74, 6) is 2.08. The maximum absolute atomic E-state index is 10.1. The molecule has 0 aliphatic rings.